The summed E-state index contributed by atoms with van der Waals surface area (Å²) in [4.78, 5) is 2.71. The van der Waals surface area contributed by atoms with Crippen LogP contribution in [0.2, 0.25) is 0 Å². The van der Waals surface area contributed by atoms with E-state index in [2.05, 4.69) is 56.6 Å². The van der Waals surface area contributed by atoms with Crippen molar-refractivity contribution in [3.05, 3.63) is 0 Å². The van der Waals surface area contributed by atoms with Crippen molar-refractivity contribution in [1.82, 2.24) is 10.2 Å². The number of nitrogens with one attached hydrogen (secondary N) is 1. The lowest BCUT2D eigenvalue weighted by Gasteiger charge is -2.35. The topological polar surface area (TPSA) is 15.3 Å². The van der Waals surface area contributed by atoms with Gasteiger partial charge in [0, 0.05) is 30.1 Å². The second kappa shape index (κ2) is 8.65. The summed E-state index contributed by atoms with van der Waals surface area (Å²) in [5.74, 6) is 1.29. The first-order chi connectivity index (χ1) is 9.41. The molecular weight excluding hydrogens is 264 g/mol. The monoisotopic (exact) mass is 300 g/mol. The standard InChI is InChI=1S/C17H36N2S/c1-6-8-17(5,14-18-10-7-2)15-19-11-9-16(3,4)20-13-12-19/h18H,6-15H2,1-5H3. The van der Waals surface area contributed by atoms with E-state index >= 15 is 0 Å². The molecule has 1 N–H and O–H groups in total. The van der Waals surface area contributed by atoms with Gasteiger partial charge in [0.05, 0.1) is 0 Å². The molecule has 0 saturated carbocycles. The quantitative estimate of drug-likeness (QED) is 0.682. The highest BCUT2D eigenvalue weighted by molar-refractivity contribution is 8.00. The Balaban J connectivity index is 2.51. The number of rotatable bonds is 8. The third kappa shape index (κ3) is 6.82. The maximum absolute atomic E-state index is 3.65. The van der Waals surface area contributed by atoms with Crippen molar-refractivity contribution >= 4 is 11.8 Å². The van der Waals surface area contributed by atoms with Crippen LogP contribution in [0.5, 0.6) is 0 Å². The second-order valence-corrected chi connectivity index (χ2v) is 9.17. The van der Waals surface area contributed by atoms with Crippen LogP contribution in [0.3, 0.4) is 0 Å². The summed E-state index contributed by atoms with van der Waals surface area (Å²) >= 11 is 2.15. The predicted molar refractivity (Wildman–Crippen MR) is 93.8 cm³/mol. The zero-order valence-electron chi connectivity index (χ0n) is 14.4. The van der Waals surface area contributed by atoms with Crippen molar-refractivity contribution in [1.29, 1.82) is 0 Å². The van der Waals surface area contributed by atoms with Gasteiger partial charge >= 0.3 is 0 Å². The average Bonchev–Trinajstić information content (AvgIpc) is 2.51. The normalized spacial score (nSPS) is 23.2. The molecule has 1 aliphatic heterocycles. The van der Waals surface area contributed by atoms with E-state index in [0.29, 0.717) is 10.2 Å². The minimum atomic E-state index is 0.434. The zero-order valence-corrected chi connectivity index (χ0v) is 15.2. The summed E-state index contributed by atoms with van der Waals surface area (Å²) in [7, 11) is 0. The molecule has 0 aromatic heterocycles. The number of nitrogens with zero attached hydrogens (tertiary/aromatic N) is 1. The Morgan fingerprint density at radius 3 is 2.60 bits per heavy atom. The Kier molecular flexibility index (Phi) is 7.92. The SMILES string of the molecule is CCCNCC(C)(CCC)CN1CCSC(C)(C)CC1. The molecule has 0 spiro atoms. The van der Waals surface area contributed by atoms with E-state index in [1.165, 1.54) is 57.6 Å². The van der Waals surface area contributed by atoms with Gasteiger partial charge < -0.3 is 10.2 Å². The molecule has 2 nitrogen and oxygen atoms in total. The lowest BCUT2D eigenvalue weighted by Crippen LogP contribution is -2.43. The van der Waals surface area contributed by atoms with E-state index in [-0.39, 0.29) is 0 Å². The third-order valence-corrected chi connectivity index (χ3v) is 5.74. The Bertz CT molecular complexity index is 268. The zero-order chi connectivity index (χ0) is 15.1. The molecule has 0 bridgehead atoms. The molecule has 1 atom stereocenters. The summed E-state index contributed by atoms with van der Waals surface area (Å²) in [6.45, 7) is 18.0. The van der Waals surface area contributed by atoms with Crippen LogP contribution in [0.4, 0.5) is 0 Å². The fraction of sp³-hybridized carbons (Fsp3) is 1.00. The molecule has 1 saturated heterocycles. The summed E-state index contributed by atoms with van der Waals surface area (Å²) in [5, 5.41) is 3.65. The minimum absolute atomic E-state index is 0.434. The molecule has 0 aliphatic carbocycles. The van der Waals surface area contributed by atoms with Gasteiger partial charge in [-0.05, 0) is 37.8 Å². The van der Waals surface area contributed by atoms with Gasteiger partial charge in [-0.25, -0.2) is 0 Å². The van der Waals surface area contributed by atoms with Gasteiger partial charge in [0.2, 0.25) is 0 Å². The molecule has 0 aromatic carbocycles. The van der Waals surface area contributed by atoms with Crippen LogP contribution in [0, 0.1) is 5.41 Å². The van der Waals surface area contributed by atoms with Crippen molar-refractivity contribution in [2.75, 3.05) is 38.5 Å². The summed E-state index contributed by atoms with van der Waals surface area (Å²) in [5.41, 5.74) is 0.434. The van der Waals surface area contributed by atoms with E-state index in [1.807, 2.05) is 0 Å². The van der Waals surface area contributed by atoms with E-state index in [0.717, 1.165) is 6.54 Å². The molecule has 1 aliphatic rings. The van der Waals surface area contributed by atoms with Crippen LogP contribution in [0.25, 0.3) is 0 Å². The molecule has 3 heteroatoms. The van der Waals surface area contributed by atoms with E-state index < -0.39 is 0 Å². The van der Waals surface area contributed by atoms with Crippen LogP contribution in [0.1, 0.15) is 60.3 Å². The second-order valence-electron chi connectivity index (χ2n) is 7.37. The van der Waals surface area contributed by atoms with Crippen molar-refractivity contribution in [2.24, 2.45) is 5.41 Å². The fourth-order valence-corrected chi connectivity index (χ4v) is 4.29. The molecule has 0 amide bonds. The first-order valence-corrected chi connectivity index (χ1v) is 9.46. The molecule has 1 rings (SSSR count). The van der Waals surface area contributed by atoms with Gasteiger partial charge in [0.25, 0.3) is 0 Å². The van der Waals surface area contributed by atoms with Crippen molar-refractivity contribution in [3.63, 3.8) is 0 Å². The molecule has 0 aromatic rings. The van der Waals surface area contributed by atoms with Crippen LogP contribution in [-0.4, -0.2) is 48.1 Å². The Morgan fingerprint density at radius 2 is 1.95 bits per heavy atom. The lowest BCUT2D eigenvalue weighted by atomic mass is 9.84. The smallest absolute Gasteiger partial charge is 0.0116 e. The van der Waals surface area contributed by atoms with Crippen LogP contribution < -0.4 is 5.32 Å². The van der Waals surface area contributed by atoms with Gasteiger partial charge in [-0.15, -0.1) is 0 Å². The lowest BCUT2D eigenvalue weighted by molar-refractivity contribution is 0.154. The Morgan fingerprint density at radius 1 is 1.20 bits per heavy atom. The van der Waals surface area contributed by atoms with Gasteiger partial charge in [-0.1, -0.05) is 41.0 Å². The fourth-order valence-electron chi connectivity index (χ4n) is 3.15. The Hall–Kier alpha value is 0.270. The van der Waals surface area contributed by atoms with Crippen LogP contribution in [-0.2, 0) is 0 Å². The highest BCUT2D eigenvalue weighted by Crippen LogP contribution is 2.32. The molecule has 0 radical (unpaired) electrons. The number of thioether (sulfide) groups is 1. The third-order valence-electron chi connectivity index (χ3n) is 4.37. The van der Waals surface area contributed by atoms with Crippen LogP contribution >= 0.6 is 11.8 Å². The predicted octanol–water partition coefficient (Wildman–Crippen LogP) is 4.01. The highest BCUT2D eigenvalue weighted by atomic mass is 32.2. The first kappa shape index (κ1) is 18.3. The molecule has 20 heavy (non-hydrogen) atoms. The average molecular weight is 301 g/mol. The van der Waals surface area contributed by atoms with Crippen molar-refractivity contribution in [3.8, 4) is 0 Å². The maximum atomic E-state index is 3.65. The van der Waals surface area contributed by atoms with Crippen molar-refractivity contribution < 1.29 is 0 Å². The molecule has 120 valence electrons. The van der Waals surface area contributed by atoms with Crippen LogP contribution in [0.15, 0.2) is 0 Å². The summed E-state index contributed by atoms with van der Waals surface area (Å²) < 4.78 is 0.469. The number of hydrogen-bond donors (Lipinski definition) is 1. The van der Waals surface area contributed by atoms with Gasteiger partial charge in [0.1, 0.15) is 0 Å². The van der Waals surface area contributed by atoms with E-state index in [1.54, 1.807) is 0 Å². The largest absolute Gasteiger partial charge is 0.316 e. The Labute approximate surface area is 131 Å². The minimum Gasteiger partial charge on any atom is -0.316 e. The molecule has 1 fully saturated rings. The molecule has 1 heterocycles. The van der Waals surface area contributed by atoms with Gasteiger partial charge in [-0.3, -0.25) is 0 Å². The van der Waals surface area contributed by atoms with Gasteiger partial charge in [0.15, 0.2) is 0 Å². The summed E-state index contributed by atoms with van der Waals surface area (Å²) in [6, 6.07) is 0. The molecule has 1 unspecified atom stereocenters. The first-order valence-electron chi connectivity index (χ1n) is 8.48. The van der Waals surface area contributed by atoms with E-state index in [4.69, 9.17) is 0 Å². The number of hydrogen-bond acceptors (Lipinski definition) is 3. The summed E-state index contributed by atoms with van der Waals surface area (Å²) in [6.07, 6.45) is 5.17. The van der Waals surface area contributed by atoms with Gasteiger partial charge in [-0.2, -0.15) is 11.8 Å². The molecular formula is C17H36N2S. The maximum Gasteiger partial charge on any atom is 0.0116 e. The van der Waals surface area contributed by atoms with E-state index in [9.17, 15) is 0 Å². The highest BCUT2D eigenvalue weighted by Gasteiger charge is 2.29. The van der Waals surface area contributed by atoms with Crippen molar-refractivity contribution in [2.45, 2.75) is 65.0 Å².